The van der Waals surface area contributed by atoms with Gasteiger partial charge in [0, 0.05) is 11.9 Å². The molecule has 3 rings (SSSR count). The Balaban J connectivity index is 1.62. The molecule has 4 nitrogen and oxygen atoms in total. The van der Waals surface area contributed by atoms with Crippen molar-refractivity contribution in [2.75, 3.05) is 7.11 Å². The predicted octanol–water partition coefficient (Wildman–Crippen LogP) is 3.93. The average Bonchev–Trinajstić information content (AvgIpc) is 2.66. The number of hydrogen-bond acceptors (Lipinski definition) is 3. The van der Waals surface area contributed by atoms with Crippen LogP contribution < -0.4 is 14.8 Å². The maximum atomic E-state index is 12.3. The molecule has 0 saturated carbocycles. The molecule has 0 radical (unpaired) electrons. The van der Waals surface area contributed by atoms with Gasteiger partial charge in [-0.15, -0.1) is 0 Å². The first-order valence-electron chi connectivity index (χ1n) is 8.22. The average molecular weight is 335 g/mol. The van der Waals surface area contributed by atoms with Gasteiger partial charge in [0.2, 0.25) is 0 Å². The SMILES string of the molecule is COc1ccc(CNC(=O)[C@@H](C)Oc2cccc3ccccc23)cc1. The van der Waals surface area contributed by atoms with Crippen molar-refractivity contribution in [2.24, 2.45) is 0 Å². The van der Waals surface area contributed by atoms with Gasteiger partial charge in [0.25, 0.3) is 5.91 Å². The van der Waals surface area contributed by atoms with Gasteiger partial charge in [-0.1, -0.05) is 48.5 Å². The highest BCUT2D eigenvalue weighted by molar-refractivity contribution is 5.89. The Hall–Kier alpha value is -3.01. The standard InChI is InChI=1S/C21H21NO3/c1-15(21(23)22-14-16-10-12-18(24-2)13-11-16)25-20-9-5-7-17-6-3-4-8-19(17)20/h3-13,15H,14H2,1-2H3,(H,22,23)/t15-/m1/s1. The molecule has 4 heteroatoms. The molecule has 1 amide bonds. The highest BCUT2D eigenvalue weighted by Gasteiger charge is 2.15. The van der Waals surface area contributed by atoms with E-state index in [1.807, 2.05) is 66.7 Å². The fourth-order valence-electron chi connectivity index (χ4n) is 2.62. The first kappa shape index (κ1) is 16.8. The van der Waals surface area contributed by atoms with Gasteiger partial charge in [-0.25, -0.2) is 0 Å². The van der Waals surface area contributed by atoms with E-state index in [4.69, 9.17) is 9.47 Å². The van der Waals surface area contributed by atoms with Crippen LogP contribution in [0.3, 0.4) is 0 Å². The molecule has 0 aliphatic carbocycles. The molecule has 0 fully saturated rings. The molecule has 25 heavy (non-hydrogen) atoms. The fourth-order valence-corrected chi connectivity index (χ4v) is 2.62. The summed E-state index contributed by atoms with van der Waals surface area (Å²) in [4.78, 5) is 12.3. The molecule has 0 saturated heterocycles. The van der Waals surface area contributed by atoms with Crippen LogP contribution in [0, 0.1) is 0 Å². The van der Waals surface area contributed by atoms with E-state index in [-0.39, 0.29) is 5.91 Å². The third-order valence-electron chi connectivity index (χ3n) is 4.05. The van der Waals surface area contributed by atoms with Gasteiger partial charge >= 0.3 is 0 Å². The number of fused-ring (bicyclic) bond motifs is 1. The van der Waals surface area contributed by atoms with E-state index in [2.05, 4.69) is 5.32 Å². The van der Waals surface area contributed by atoms with Crippen molar-refractivity contribution in [1.29, 1.82) is 0 Å². The maximum Gasteiger partial charge on any atom is 0.261 e. The molecule has 0 bridgehead atoms. The second-order valence-electron chi connectivity index (χ2n) is 5.80. The number of amides is 1. The summed E-state index contributed by atoms with van der Waals surface area (Å²) in [5.41, 5.74) is 1.01. The minimum atomic E-state index is -0.580. The Morgan fingerprint density at radius 3 is 2.48 bits per heavy atom. The Morgan fingerprint density at radius 1 is 1.00 bits per heavy atom. The molecule has 0 unspecified atom stereocenters. The zero-order valence-electron chi connectivity index (χ0n) is 14.4. The van der Waals surface area contributed by atoms with Crippen molar-refractivity contribution in [3.8, 4) is 11.5 Å². The van der Waals surface area contributed by atoms with Gasteiger partial charge in [-0.2, -0.15) is 0 Å². The van der Waals surface area contributed by atoms with Crippen LogP contribution in [0.15, 0.2) is 66.7 Å². The third kappa shape index (κ3) is 4.10. The van der Waals surface area contributed by atoms with Gasteiger partial charge < -0.3 is 14.8 Å². The van der Waals surface area contributed by atoms with Gasteiger partial charge in [0.05, 0.1) is 7.11 Å². The second-order valence-corrected chi connectivity index (χ2v) is 5.80. The van der Waals surface area contributed by atoms with E-state index in [9.17, 15) is 4.79 Å². The third-order valence-corrected chi connectivity index (χ3v) is 4.05. The van der Waals surface area contributed by atoms with Crippen LogP contribution in [0.25, 0.3) is 10.8 Å². The molecule has 0 spiro atoms. The van der Waals surface area contributed by atoms with Crippen LogP contribution in [0.4, 0.5) is 0 Å². The summed E-state index contributed by atoms with van der Waals surface area (Å²) < 4.78 is 11.0. The van der Waals surface area contributed by atoms with E-state index < -0.39 is 6.10 Å². The number of benzene rings is 3. The van der Waals surface area contributed by atoms with E-state index in [0.29, 0.717) is 12.3 Å². The highest BCUT2D eigenvalue weighted by Crippen LogP contribution is 2.26. The van der Waals surface area contributed by atoms with Crippen LogP contribution in [-0.2, 0) is 11.3 Å². The van der Waals surface area contributed by atoms with Crippen LogP contribution in [0.2, 0.25) is 0 Å². The summed E-state index contributed by atoms with van der Waals surface area (Å²) >= 11 is 0. The number of carbonyl (C=O) groups is 1. The van der Waals surface area contributed by atoms with Crippen LogP contribution in [0.1, 0.15) is 12.5 Å². The molecule has 0 aromatic heterocycles. The zero-order chi connectivity index (χ0) is 17.6. The van der Waals surface area contributed by atoms with Crippen molar-refractivity contribution in [3.63, 3.8) is 0 Å². The largest absolute Gasteiger partial charge is 0.497 e. The van der Waals surface area contributed by atoms with Gasteiger partial charge in [0.15, 0.2) is 6.10 Å². The maximum absolute atomic E-state index is 12.3. The minimum Gasteiger partial charge on any atom is -0.497 e. The molecular formula is C21H21NO3. The second kappa shape index (κ2) is 7.71. The predicted molar refractivity (Wildman–Crippen MR) is 98.9 cm³/mol. The van der Waals surface area contributed by atoms with Crippen molar-refractivity contribution in [3.05, 3.63) is 72.3 Å². The number of carbonyl (C=O) groups excluding carboxylic acids is 1. The van der Waals surface area contributed by atoms with Crippen LogP contribution >= 0.6 is 0 Å². The smallest absolute Gasteiger partial charge is 0.261 e. The number of ether oxygens (including phenoxy) is 2. The van der Waals surface area contributed by atoms with E-state index in [0.717, 1.165) is 22.1 Å². The van der Waals surface area contributed by atoms with Crippen molar-refractivity contribution < 1.29 is 14.3 Å². The van der Waals surface area contributed by atoms with E-state index in [1.54, 1.807) is 14.0 Å². The topological polar surface area (TPSA) is 47.6 Å². The summed E-state index contributed by atoms with van der Waals surface area (Å²) in [5, 5.41) is 4.99. The lowest BCUT2D eigenvalue weighted by molar-refractivity contribution is -0.127. The molecular weight excluding hydrogens is 314 g/mol. The quantitative estimate of drug-likeness (QED) is 0.742. The molecule has 3 aromatic rings. The minimum absolute atomic E-state index is 0.149. The monoisotopic (exact) mass is 335 g/mol. The highest BCUT2D eigenvalue weighted by atomic mass is 16.5. The molecule has 3 aromatic carbocycles. The van der Waals surface area contributed by atoms with E-state index >= 15 is 0 Å². The zero-order valence-corrected chi connectivity index (χ0v) is 14.4. The summed E-state index contributed by atoms with van der Waals surface area (Å²) in [7, 11) is 1.63. The first-order valence-corrected chi connectivity index (χ1v) is 8.22. The Morgan fingerprint density at radius 2 is 1.72 bits per heavy atom. The lowest BCUT2D eigenvalue weighted by Gasteiger charge is -2.16. The van der Waals surface area contributed by atoms with Gasteiger partial charge in [-0.3, -0.25) is 4.79 Å². The molecule has 0 aliphatic heterocycles. The summed E-state index contributed by atoms with van der Waals surface area (Å²) in [6.45, 7) is 2.21. The Kier molecular flexibility index (Phi) is 5.19. The van der Waals surface area contributed by atoms with Gasteiger partial charge in [0.1, 0.15) is 11.5 Å². The number of nitrogens with one attached hydrogen (secondary N) is 1. The fraction of sp³-hybridized carbons (Fsp3) is 0.190. The number of methoxy groups -OCH3 is 1. The molecule has 0 aliphatic rings. The molecule has 128 valence electrons. The van der Waals surface area contributed by atoms with Gasteiger partial charge in [-0.05, 0) is 36.1 Å². The summed E-state index contributed by atoms with van der Waals surface area (Å²) in [6.07, 6.45) is -0.580. The Bertz CT molecular complexity index is 853. The number of rotatable bonds is 6. The van der Waals surface area contributed by atoms with Crippen LogP contribution in [-0.4, -0.2) is 19.1 Å². The lowest BCUT2D eigenvalue weighted by atomic mass is 10.1. The summed E-state index contributed by atoms with van der Waals surface area (Å²) in [5.74, 6) is 1.36. The lowest BCUT2D eigenvalue weighted by Crippen LogP contribution is -2.35. The van der Waals surface area contributed by atoms with Crippen molar-refractivity contribution in [2.45, 2.75) is 19.6 Å². The van der Waals surface area contributed by atoms with Crippen LogP contribution in [0.5, 0.6) is 11.5 Å². The number of hydrogen-bond donors (Lipinski definition) is 1. The molecule has 0 heterocycles. The molecule has 1 N–H and O–H groups in total. The Labute approximate surface area is 147 Å². The molecule has 1 atom stereocenters. The van der Waals surface area contributed by atoms with Crippen molar-refractivity contribution in [1.82, 2.24) is 5.32 Å². The normalized spacial score (nSPS) is 11.8. The first-order chi connectivity index (χ1) is 12.2. The van der Waals surface area contributed by atoms with Crippen molar-refractivity contribution >= 4 is 16.7 Å². The van der Waals surface area contributed by atoms with E-state index in [1.165, 1.54) is 0 Å². The summed E-state index contributed by atoms with van der Waals surface area (Å²) in [6, 6.07) is 21.4.